The molecule has 0 saturated carbocycles. The lowest BCUT2D eigenvalue weighted by atomic mass is 9.95. The van der Waals surface area contributed by atoms with Crippen LogP contribution >= 0.6 is 0 Å². The minimum atomic E-state index is -0.0444. The molecular formula is C20H31N3O3. The maximum absolute atomic E-state index is 12.9. The molecule has 144 valence electrons. The number of amides is 2. The average Bonchev–Trinajstić information content (AvgIpc) is 2.66. The first kappa shape index (κ1) is 20.2. The first-order chi connectivity index (χ1) is 12.5. The molecule has 1 aliphatic heterocycles. The van der Waals surface area contributed by atoms with E-state index < -0.39 is 0 Å². The second kappa shape index (κ2) is 10.2. The summed E-state index contributed by atoms with van der Waals surface area (Å²) in [5, 5.41) is 2.91. The third-order valence-electron chi connectivity index (χ3n) is 5.02. The number of nitrogens with zero attached hydrogens (tertiary/aromatic N) is 1. The van der Waals surface area contributed by atoms with Crippen molar-refractivity contribution in [3.63, 3.8) is 0 Å². The van der Waals surface area contributed by atoms with Crippen LogP contribution in [-0.2, 0) is 9.59 Å². The first-order valence-corrected chi connectivity index (χ1v) is 9.45. The molecule has 2 unspecified atom stereocenters. The van der Waals surface area contributed by atoms with E-state index in [-0.39, 0.29) is 23.8 Å². The SMILES string of the molecule is COc1ccc(C(C)CC(=O)N2CCCCC2CNC(=O)CCN)cc1. The highest BCUT2D eigenvalue weighted by Crippen LogP contribution is 2.25. The summed E-state index contributed by atoms with van der Waals surface area (Å²) in [6.07, 6.45) is 3.85. The van der Waals surface area contributed by atoms with Gasteiger partial charge >= 0.3 is 0 Å². The van der Waals surface area contributed by atoms with Gasteiger partial charge in [-0.05, 0) is 42.9 Å². The number of carbonyl (C=O) groups excluding carboxylic acids is 2. The molecule has 6 heteroatoms. The predicted molar refractivity (Wildman–Crippen MR) is 102 cm³/mol. The van der Waals surface area contributed by atoms with Gasteiger partial charge in [0.25, 0.3) is 0 Å². The number of ether oxygens (including phenoxy) is 1. The highest BCUT2D eigenvalue weighted by molar-refractivity contribution is 5.78. The van der Waals surface area contributed by atoms with Crippen molar-refractivity contribution in [1.29, 1.82) is 0 Å². The van der Waals surface area contributed by atoms with Crippen LogP contribution in [0.15, 0.2) is 24.3 Å². The summed E-state index contributed by atoms with van der Waals surface area (Å²) >= 11 is 0. The molecule has 2 atom stereocenters. The summed E-state index contributed by atoms with van der Waals surface area (Å²) < 4.78 is 5.19. The zero-order chi connectivity index (χ0) is 18.9. The Morgan fingerprint density at radius 2 is 2.04 bits per heavy atom. The van der Waals surface area contributed by atoms with Gasteiger partial charge in [0.2, 0.25) is 11.8 Å². The standard InChI is InChI=1S/C20H31N3O3/c1-15(16-6-8-18(26-2)9-7-16)13-20(25)23-12-4-3-5-17(23)14-22-19(24)10-11-21/h6-9,15,17H,3-5,10-14,21H2,1-2H3,(H,22,24). The quantitative estimate of drug-likeness (QED) is 0.742. The monoisotopic (exact) mass is 361 g/mol. The molecule has 0 spiro atoms. The van der Waals surface area contributed by atoms with Gasteiger partial charge in [-0.15, -0.1) is 0 Å². The summed E-state index contributed by atoms with van der Waals surface area (Å²) in [7, 11) is 1.64. The molecule has 1 saturated heterocycles. The second-order valence-electron chi connectivity index (χ2n) is 6.96. The Bertz CT molecular complexity index is 588. The molecule has 1 aromatic rings. The van der Waals surface area contributed by atoms with Crippen molar-refractivity contribution in [3.8, 4) is 5.75 Å². The first-order valence-electron chi connectivity index (χ1n) is 9.45. The lowest BCUT2D eigenvalue weighted by Gasteiger charge is -2.36. The lowest BCUT2D eigenvalue weighted by molar-refractivity contribution is -0.135. The van der Waals surface area contributed by atoms with E-state index >= 15 is 0 Å². The number of carbonyl (C=O) groups is 2. The molecule has 1 aromatic carbocycles. The van der Waals surface area contributed by atoms with Crippen molar-refractivity contribution in [3.05, 3.63) is 29.8 Å². The number of nitrogens with one attached hydrogen (secondary N) is 1. The Balaban J connectivity index is 1.92. The minimum absolute atomic E-state index is 0.0444. The molecule has 0 bridgehead atoms. The van der Waals surface area contributed by atoms with Gasteiger partial charge in [-0.3, -0.25) is 9.59 Å². The number of methoxy groups -OCH3 is 1. The van der Waals surface area contributed by atoms with Gasteiger partial charge in [0.05, 0.1) is 7.11 Å². The fourth-order valence-corrected chi connectivity index (χ4v) is 3.42. The van der Waals surface area contributed by atoms with Crippen molar-refractivity contribution in [2.24, 2.45) is 5.73 Å². The van der Waals surface area contributed by atoms with Crippen molar-refractivity contribution >= 4 is 11.8 Å². The fraction of sp³-hybridized carbons (Fsp3) is 0.600. The van der Waals surface area contributed by atoms with Gasteiger partial charge in [0, 0.05) is 38.5 Å². The number of nitrogens with two attached hydrogens (primary N) is 1. The van der Waals surface area contributed by atoms with E-state index in [0.29, 0.717) is 25.9 Å². The molecule has 2 rings (SSSR count). The van der Waals surface area contributed by atoms with E-state index in [9.17, 15) is 9.59 Å². The van der Waals surface area contributed by atoms with Crippen LogP contribution in [0.25, 0.3) is 0 Å². The second-order valence-corrected chi connectivity index (χ2v) is 6.96. The third-order valence-corrected chi connectivity index (χ3v) is 5.02. The topological polar surface area (TPSA) is 84.7 Å². The molecule has 3 N–H and O–H groups in total. The smallest absolute Gasteiger partial charge is 0.223 e. The molecule has 1 fully saturated rings. The number of hydrogen-bond acceptors (Lipinski definition) is 4. The summed E-state index contributed by atoms with van der Waals surface area (Å²) in [6.45, 7) is 3.70. The number of hydrogen-bond donors (Lipinski definition) is 2. The third kappa shape index (κ3) is 5.73. The number of likely N-dealkylation sites (tertiary alicyclic amines) is 1. The van der Waals surface area contributed by atoms with Gasteiger partial charge in [-0.2, -0.15) is 0 Å². The Kier molecular flexibility index (Phi) is 7.91. The van der Waals surface area contributed by atoms with Gasteiger partial charge in [0.1, 0.15) is 5.75 Å². The van der Waals surface area contributed by atoms with Crippen LogP contribution in [0.4, 0.5) is 0 Å². The molecule has 6 nitrogen and oxygen atoms in total. The molecule has 0 aromatic heterocycles. The highest BCUT2D eigenvalue weighted by Gasteiger charge is 2.27. The van der Waals surface area contributed by atoms with E-state index in [1.54, 1.807) is 7.11 Å². The lowest BCUT2D eigenvalue weighted by Crippen LogP contribution is -2.49. The fourth-order valence-electron chi connectivity index (χ4n) is 3.42. The zero-order valence-corrected chi connectivity index (χ0v) is 15.9. The molecule has 1 aliphatic rings. The maximum Gasteiger partial charge on any atom is 0.223 e. The van der Waals surface area contributed by atoms with Crippen LogP contribution in [-0.4, -0.2) is 49.5 Å². The van der Waals surface area contributed by atoms with E-state index in [1.807, 2.05) is 29.2 Å². The minimum Gasteiger partial charge on any atom is -0.497 e. The van der Waals surface area contributed by atoms with Crippen molar-refractivity contribution in [2.75, 3.05) is 26.7 Å². The molecule has 2 amide bonds. The number of benzene rings is 1. The van der Waals surface area contributed by atoms with Crippen LogP contribution in [0.3, 0.4) is 0 Å². The average molecular weight is 361 g/mol. The maximum atomic E-state index is 12.9. The summed E-state index contributed by atoms with van der Waals surface area (Å²) in [5.41, 5.74) is 6.54. The van der Waals surface area contributed by atoms with E-state index in [4.69, 9.17) is 10.5 Å². The van der Waals surface area contributed by atoms with Crippen LogP contribution < -0.4 is 15.8 Å². The van der Waals surface area contributed by atoms with E-state index in [1.165, 1.54) is 0 Å². The molecule has 26 heavy (non-hydrogen) atoms. The van der Waals surface area contributed by atoms with Crippen LogP contribution in [0.5, 0.6) is 5.75 Å². The number of piperidine rings is 1. The van der Waals surface area contributed by atoms with Crippen molar-refractivity contribution in [1.82, 2.24) is 10.2 Å². The van der Waals surface area contributed by atoms with Crippen molar-refractivity contribution in [2.45, 2.75) is 51.0 Å². The Morgan fingerprint density at radius 3 is 2.69 bits per heavy atom. The van der Waals surface area contributed by atoms with Gasteiger partial charge in [-0.25, -0.2) is 0 Å². The summed E-state index contributed by atoms with van der Waals surface area (Å²) in [5.74, 6) is 1.07. The predicted octanol–water partition coefficient (Wildman–Crippen LogP) is 2.03. The van der Waals surface area contributed by atoms with Gasteiger partial charge in [-0.1, -0.05) is 19.1 Å². The Labute approximate surface area is 156 Å². The molecule has 0 radical (unpaired) electrons. The molecule has 1 heterocycles. The summed E-state index contributed by atoms with van der Waals surface area (Å²) in [4.78, 5) is 26.5. The van der Waals surface area contributed by atoms with E-state index in [2.05, 4.69) is 12.2 Å². The molecule has 0 aliphatic carbocycles. The van der Waals surface area contributed by atoms with Crippen LogP contribution in [0.1, 0.15) is 50.5 Å². The largest absolute Gasteiger partial charge is 0.497 e. The van der Waals surface area contributed by atoms with Crippen molar-refractivity contribution < 1.29 is 14.3 Å². The van der Waals surface area contributed by atoms with Gasteiger partial charge < -0.3 is 20.7 Å². The highest BCUT2D eigenvalue weighted by atomic mass is 16.5. The normalized spacial score (nSPS) is 18.3. The number of rotatable bonds is 8. The zero-order valence-electron chi connectivity index (χ0n) is 15.9. The van der Waals surface area contributed by atoms with Crippen LogP contribution in [0, 0.1) is 0 Å². The Hall–Kier alpha value is -2.08. The summed E-state index contributed by atoms with van der Waals surface area (Å²) in [6, 6.07) is 7.95. The Morgan fingerprint density at radius 1 is 1.31 bits per heavy atom. The van der Waals surface area contributed by atoms with E-state index in [0.717, 1.165) is 37.1 Å². The van der Waals surface area contributed by atoms with Gasteiger partial charge in [0.15, 0.2) is 0 Å². The molecular weight excluding hydrogens is 330 g/mol. The van der Waals surface area contributed by atoms with Crippen LogP contribution in [0.2, 0.25) is 0 Å².